The number of nitrogens with zero attached hydrogens (tertiary/aromatic N) is 2. The minimum absolute atomic E-state index is 0.480. The first-order valence-corrected chi connectivity index (χ1v) is 5.49. The van der Waals surface area contributed by atoms with Gasteiger partial charge in [-0.3, -0.25) is 4.42 Å². The van der Waals surface area contributed by atoms with Crippen molar-refractivity contribution < 1.29 is 0 Å². The van der Waals surface area contributed by atoms with Gasteiger partial charge in [0, 0.05) is 11.8 Å². The van der Waals surface area contributed by atoms with E-state index in [0.717, 1.165) is 14.4 Å². The van der Waals surface area contributed by atoms with Crippen molar-refractivity contribution >= 4 is 50.8 Å². The Morgan fingerprint density at radius 2 is 2.46 bits per heavy atom. The Kier molecular flexibility index (Phi) is 2.33. The topological polar surface area (TPSA) is 27.0 Å². The van der Waals surface area contributed by atoms with Gasteiger partial charge in [-0.05, 0) is 28.1 Å². The molecule has 0 saturated heterocycles. The molecule has 0 fully saturated rings. The van der Waals surface area contributed by atoms with Crippen LogP contribution < -0.4 is 4.42 Å². The fourth-order valence-corrected chi connectivity index (χ4v) is 3.08. The third kappa shape index (κ3) is 1.60. The highest BCUT2D eigenvalue weighted by atomic mass is 79.9. The Hall–Kier alpha value is -0.500. The van der Waals surface area contributed by atoms with Crippen LogP contribution in [0.2, 0.25) is 0 Å². The van der Waals surface area contributed by atoms with Crippen LogP contribution >= 0.6 is 39.0 Å². The average molecular weight is 276 g/mol. The molecule has 0 N–H and O–H groups in total. The van der Waals surface area contributed by atoms with E-state index in [4.69, 9.17) is 17.0 Å². The smallest absolute Gasteiger partial charge is 0.0967 e. The van der Waals surface area contributed by atoms with Gasteiger partial charge in [-0.15, -0.1) is 11.3 Å². The van der Waals surface area contributed by atoms with Crippen molar-refractivity contribution in [3.05, 3.63) is 20.3 Å². The minimum Gasteiger partial charge on any atom is -0.279 e. The van der Waals surface area contributed by atoms with Crippen LogP contribution in [0.4, 0.5) is 5.69 Å². The summed E-state index contributed by atoms with van der Waals surface area (Å²) in [5.74, 6) is 0. The second-order valence-electron chi connectivity index (χ2n) is 2.60. The molecule has 1 aliphatic heterocycles. The van der Waals surface area contributed by atoms with E-state index in [1.165, 1.54) is 0 Å². The fourth-order valence-electron chi connectivity index (χ4n) is 1.16. The van der Waals surface area contributed by atoms with Crippen LogP contribution in [0.25, 0.3) is 6.08 Å². The summed E-state index contributed by atoms with van der Waals surface area (Å²) < 4.78 is 2.59. The summed E-state index contributed by atoms with van der Waals surface area (Å²) >= 11 is 10.9. The van der Waals surface area contributed by atoms with Gasteiger partial charge in [0.25, 0.3) is 0 Å². The second kappa shape index (κ2) is 3.33. The largest absolute Gasteiger partial charge is 0.279 e. The first-order chi connectivity index (χ1) is 6.20. The van der Waals surface area contributed by atoms with Crippen molar-refractivity contribution in [3.8, 4) is 6.07 Å². The molecule has 0 aromatic carbocycles. The van der Waals surface area contributed by atoms with Gasteiger partial charge in [-0.2, -0.15) is 5.26 Å². The maximum Gasteiger partial charge on any atom is 0.0967 e. The number of thiophene rings is 1. The maximum absolute atomic E-state index is 8.73. The average Bonchev–Trinajstić information content (AvgIpc) is 2.46. The van der Waals surface area contributed by atoms with Crippen LogP contribution in [0.3, 0.4) is 0 Å². The molecule has 0 bridgehead atoms. The Balaban J connectivity index is 2.53. The van der Waals surface area contributed by atoms with E-state index in [1.807, 2.05) is 12.1 Å². The van der Waals surface area contributed by atoms with Crippen LogP contribution in [0, 0.1) is 11.3 Å². The summed E-state index contributed by atoms with van der Waals surface area (Å²) in [6.45, 7) is 0.480. The van der Waals surface area contributed by atoms with Crippen LogP contribution in [0.15, 0.2) is 15.4 Å². The molecule has 1 aromatic rings. The van der Waals surface area contributed by atoms with E-state index in [9.17, 15) is 0 Å². The third-order valence-corrected chi connectivity index (χ3v) is 3.61. The summed E-state index contributed by atoms with van der Waals surface area (Å²) in [6.07, 6.45) is 1.88. The van der Waals surface area contributed by atoms with Crippen molar-refractivity contribution in [2.75, 3.05) is 11.0 Å². The van der Waals surface area contributed by atoms with E-state index in [0.29, 0.717) is 12.1 Å². The summed E-state index contributed by atoms with van der Waals surface area (Å²) in [5, 5.41) is 8.73. The zero-order chi connectivity index (χ0) is 9.42. The molecule has 0 aliphatic carbocycles. The molecule has 66 valence electrons. The van der Waals surface area contributed by atoms with Gasteiger partial charge in [0.1, 0.15) is 0 Å². The van der Waals surface area contributed by atoms with Crippen LogP contribution in [0.5, 0.6) is 0 Å². The van der Waals surface area contributed by atoms with Crippen LogP contribution in [-0.2, 0) is 0 Å². The molecular weight excluding hydrogens is 272 g/mol. The lowest BCUT2D eigenvalue weighted by atomic mass is 10.2. The molecule has 0 radical (unpaired) electrons. The lowest BCUT2D eigenvalue weighted by Gasteiger charge is -2.18. The molecule has 0 atom stereocenters. The number of halogens is 2. The highest BCUT2D eigenvalue weighted by molar-refractivity contribution is 9.11. The monoisotopic (exact) mass is 274 g/mol. The molecule has 2 heterocycles. The third-order valence-electron chi connectivity index (χ3n) is 1.73. The van der Waals surface area contributed by atoms with Gasteiger partial charge < -0.3 is 0 Å². The number of rotatable bonds is 0. The Morgan fingerprint density at radius 3 is 3.15 bits per heavy atom. The lowest BCUT2D eigenvalue weighted by Crippen LogP contribution is -2.16. The molecule has 0 unspecified atom stereocenters. The molecular formula is C8H4BrClN2S. The number of hydrogen-bond acceptors (Lipinski definition) is 3. The van der Waals surface area contributed by atoms with Gasteiger partial charge in [0.05, 0.1) is 32.5 Å². The summed E-state index contributed by atoms with van der Waals surface area (Å²) in [6, 6.07) is 4.07. The van der Waals surface area contributed by atoms with Gasteiger partial charge >= 0.3 is 0 Å². The number of nitriles is 1. The predicted molar refractivity (Wildman–Crippen MR) is 58.8 cm³/mol. The Bertz CT molecular complexity index is 418. The van der Waals surface area contributed by atoms with E-state index >= 15 is 0 Å². The van der Waals surface area contributed by atoms with Crippen molar-refractivity contribution in [3.63, 3.8) is 0 Å². The van der Waals surface area contributed by atoms with E-state index in [-0.39, 0.29) is 0 Å². The maximum atomic E-state index is 8.73. The highest BCUT2D eigenvalue weighted by Gasteiger charge is 2.18. The number of hydrogen-bond donors (Lipinski definition) is 0. The lowest BCUT2D eigenvalue weighted by molar-refractivity contribution is 1.14. The first-order valence-electron chi connectivity index (χ1n) is 3.54. The SMILES string of the molecule is N#CC1=Cc2sc(Br)cc2N(Cl)C1. The molecule has 2 rings (SSSR count). The van der Waals surface area contributed by atoms with E-state index in [2.05, 4.69) is 22.0 Å². The Labute approximate surface area is 93.3 Å². The molecule has 0 spiro atoms. The van der Waals surface area contributed by atoms with Crippen molar-refractivity contribution in [1.82, 2.24) is 0 Å². The number of fused-ring (bicyclic) bond motifs is 1. The van der Waals surface area contributed by atoms with E-state index in [1.54, 1.807) is 15.8 Å². The van der Waals surface area contributed by atoms with Crippen LogP contribution in [0.1, 0.15) is 4.88 Å². The standard InChI is InChI=1S/C8H4BrClN2S/c9-8-2-6-7(13-8)1-5(3-11)4-12(6)10/h1-2H,4H2. The molecule has 0 amide bonds. The van der Waals surface area contributed by atoms with Crippen LogP contribution in [-0.4, -0.2) is 6.54 Å². The summed E-state index contributed by atoms with van der Waals surface area (Å²) in [7, 11) is 0. The quantitative estimate of drug-likeness (QED) is 0.679. The number of anilines is 1. The summed E-state index contributed by atoms with van der Waals surface area (Å²) in [4.78, 5) is 1.03. The minimum atomic E-state index is 0.480. The zero-order valence-electron chi connectivity index (χ0n) is 6.42. The van der Waals surface area contributed by atoms with Gasteiger partial charge in [-0.1, -0.05) is 0 Å². The van der Waals surface area contributed by atoms with Gasteiger partial charge in [0.2, 0.25) is 0 Å². The predicted octanol–water partition coefficient (Wildman–Crippen LogP) is 3.39. The van der Waals surface area contributed by atoms with Crippen molar-refractivity contribution in [2.24, 2.45) is 0 Å². The molecule has 0 saturated carbocycles. The highest BCUT2D eigenvalue weighted by Crippen LogP contribution is 2.39. The zero-order valence-corrected chi connectivity index (χ0v) is 9.58. The van der Waals surface area contributed by atoms with Gasteiger partial charge in [-0.25, -0.2) is 0 Å². The molecule has 2 nitrogen and oxygen atoms in total. The normalized spacial score (nSPS) is 14.8. The molecule has 1 aliphatic rings. The van der Waals surface area contributed by atoms with Crippen molar-refractivity contribution in [2.45, 2.75) is 0 Å². The molecule has 13 heavy (non-hydrogen) atoms. The Morgan fingerprint density at radius 1 is 1.69 bits per heavy atom. The first kappa shape index (κ1) is 9.07. The summed E-state index contributed by atoms with van der Waals surface area (Å²) in [5.41, 5.74) is 1.66. The molecule has 5 heteroatoms. The fraction of sp³-hybridized carbons (Fsp3) is 0.125. The van der Waals surface area contributed by atoms with Gasteiger partial charge in [0.15, 0.2) is 0 Å². The van der Waals surface area contributed by atoms with E-state index < -0.39 is 0 Å². The van der Waals surface area contributed by atoms with Crippen molar-refractivity contribution in [1.29, 1.82) is 5.26 Å². The second-order valence-corrected chi connectivity index (χ2v) is 5.47. The molecule has 1 aromatic heterocycles.